The van der Waals surface area contributed by atoms with E-state index >= 15 is 0 Å². The smallest absolute Gasteiger partial charge is 0.258 e. The van der Waals surface area contributed by atoms with Crippen LogP contribution in [0.25, 0.3) is 11.6 Å². The Kier molecular flexibility index (Phi) is 3.37. The van der Waals surface area contributed by atoms with Gasteiger partial charge in [0.15, 0.2) is 0 Å². The summed E-state index contributed by atoms with van der Waals surface area (Å²) in [6.45, 7) is 0. The zero-order valence-electron chi connectivity index (χ0n) is 13.1. The normalized spacial score (nSPS) is 17.6. The highest BCUT2D eigenvalue weighted by molar-refractivity contribution is 6.34. The number of hydrogen-bond acceptors (Lipinski definition) is 3. The first kappa shape index (κ1) is 14.0. The topological polar surface area (TPSA) is 51.2 Å². The number of benzene rings is 1. The monoisotopic (exact) mass is 306 g/mol. The van der Waals surface area contributed by atoms with Crippen molar-refractivity contribution in [1.29, 1.82) is 0 Å². The van der Waals surface area contributed by atoms with Crippen LogP contribution in [0.1, 0.15) is 35.2 Å². The molecule has 2 aliphatic rings. The molecule has 0 spiro atoms. The van der Waals surface area contributed by atoms with Crippen molar-refractivity contribution in [2.45, 2.75) is 25.7 Å². The molecule has 4 nitrogen and oxygen atoms in total. The highest BCUT2D eigenvalue weighted by Gasteiger charge is 2.25. The lowest BCUT2D eigenvalue weighted by Gasteiger charge is -2.18. The molecule has 1 amide bonds. The minimum atomic E-state index is -0.113. The van der Waals surface area contributed by atoms with Gasteiger partial charge in [0.25, 0.3) is 5.91 Å². The molecule has 23 heavy (non-hydrogen) atoms. The molecular formula is C19H18N2O2. The average molecular weight is 306 g/mol. The average Bonchev–Trinajstić information content (AvgIpc) is 2.90. The van der Waals surface area contributed by atoms with E-state index in [9.17, 15) is 4.79 Å². The summed E-state index contributed by atoms with van der Waals surface area (Å²) in [5.41, 5.74) is 5.73. The third-order valence-electron chi connectivity index (χ3n) is 4.55. The Morgan fingerprint density at radius 2 is 2.00 bits per heavy atom. The Hall–Kier alpha value is -2.62. The third kappa shape index (κ3) is 2.40. The Morgan fingerprint density at radius 3 is 2.78 bits per heavy atom. The van der Waals surface area contributed by atoms with Crippen molar-refractivity contribution in [3.05, 3.63) is 52.8 Å². The van der Waals surface area contributed by atoms with Crippen LogP contribution in [-0.4, -0.2) is 18.0 Å². The molecule has 0 saturated heterocycles. The number of anilines is 1. The van der Waals surface area contributed by atoms with Crippen molar-refractivity contribution in [3.63, 3.8) is 0 Å². The minimum Gasteiger partial charge on any atom is -0.496 e. The van der Waals surface area contributed by atoms with E-state index in [1.165, 1.54) is 24.0 Å². The van der Waals surface area contributed by atoms with Crippen LogP contribution < -0.4 is 10.1 Å². The number of ether oxygens (including phenoxy) is 1. The molecule has 0 bridgehead atoms. The van der Waals surface area contributed by atoms with Crippen LogP contribution in [0.4, 0.5) is 5.69 Å². The first-order valence-corrected chi connectivity index (χ1v) is 7.94. The van der Waals surface area contributed by atoms with Crippen molar-refractivity contribution in [1.82, 2.24) is 4.98 Å². The van der Waals surface area contributed by atoms with Crippen LogP contribution in [0.2, 0.25) is 0 Å². The van der Waals surface area contributed by atoms with Gasteiger partial charge in [0.05, 0.1) is 24.1 Å². The largest absolute Gasteiger partial charge is 0.496 e. The molecule has 1 N–H and O–H groups in total. The number of pyridine rings is 1. The molecule has 0 unspecified atom stereocenters. The molecule has 0 radical (unpaired) electrons. The predicted octanol–water partition coefficient (Wildman–Crippen LogP) is 3.46. The summed E-state index contributed by atoms with van der Waals surface area (Å²) < 4.78 is 5.55. The predicted molar refractivity (Wildman–Crippen MR) is 90.4 cm³/mol. The lowest BCUT2D eigenvalue weighted by molar-refractivity contribution is -0.110. The summed E-state index contributed by atoms with van der Waals surface area (Å²) in [6.07, 6.45) is 8.25. The lowest BCUT2D eigenvalue weighted by atomic mass is 9.89. The fourth-order valence-corrected chi connectivity index (χ4v) is 3.38. The first-order valence-electron chi connectivity index (χ1n) is 7.94. The summed E-state index contributed by atoms with van der Waals surface area (Å²) in [6, 6.07) is 7.97. The van der Waals surface area contributed by atoms with Crippen LogP contribution >= 0.6 is 0 Å². The van der Waals surface area contributed by atoms with Crippen molar-refractivity contribution in [2.24, 2.45) is 0 Å². The number of fused-ring (bicyclic) bond motifs is 2. The second-order valence-corrected chi connectivity index (χ2v) is 5.98. The molecule has 2 heterocycles. The van der Waals surface area contributed by atoms with Gasteiger partial charge in [-0.3, -0.25) is 9.78 Å². The molecule has 1 aliphatic carbocycles. The molecule has 0 fully saturated rings. The van der Waals surface area contributed by atoms with E-state index in [1.54, 1.807) is 13.3 Å². The standard InChI is InChI=1S/C19H18N2O2/c1-23-17-11-13-6-3-2-5-12(13)9-14(17)10-15-18-16(21-19(15)22)7-4-8-20-18/h4,7-11H,2-3,5-6H2,1H3,(H,21,22). The molecular weight excluding hydrogens is 288 g/mol. The molecule has 1 aliphatic heterocycles. The zero-order valence-corrected chi connectivity index (χ0v) is 13.1. The van der Waals surface area contributed by atoms with Gasteiger partial charge in [0.1, 0.15) is 5.75 Å². The maximum absolute atomic E-state index is 12.3. The molecule has 0 atom stereocenters. The van der Waals surface area contributed by atoms with Gasteiger partial charge in [-0.15, -0.1) is 0 Å². The summed E-state index contributed by atoms with van der Waals surface area (Å²) in [5, 5.41) is 2.86. The second kappa shape index (κ2) is 5.54. The SMILES string of the molecule is COc1cc2c(cc1C=C1C(=O)Nc3cccnc31)CCCC2. The van der Waals surface area contributed by atoms with Crippen LogP contribution in [0.5, 0.6) is 5.75 Å². The Bertz CT molecular complexity index is 824. The molecule has 0 saturated carbocycles. The maximum Gasteiger partial charge on any atom is 0.258 e. The Morgan fingerprint density at radius 1 is 1.22 bits per heavy atom. The van der Waals surface area contributed by atoms with Gasteiger partial charge < -0.3 is 10.1 Å². The quantitative estimate of drug-likeness (QED) is 0.864. The number of carbonyl (C=O) groups is 1. The van der Waals surface area contributed by atoms with Crippen LogP contribution in [0, 0.1) is 0 Å². The summed E-state index contributed by atoms with van der Waals surface area (Å²) >= 11 is 0. The van der Waals surface area contributed by atoms with Gasteiger partial charge in [-0.1, -0.05) is 0 Å². The van der Waals surface area contributed by atoms with E-state index in [-0.39, 0.29) is 5.91 Å². The van der Waals surface area contributed by atoms with Gasteiger partial charge in [0, 0.05) is 11.8 Å². The highest BCUT2D eigenvalue weighted by Crippen LogP contribution is 2.35. The van der Waals surface area contributed by atoms with E-state index < -0.39 is 0 Å². The molecule has 2 aromatic rings. The van der Waals surface area contributed by atoms with Crippen molar-refractivity contribution in [3.8, 4) is 5.75 Å². The maximum atomic E-state index is 12.3. The van der Waals surface area contributed by atoms with Crippen LogP contribution in [0.3, 0.4) is 0 Å². The molecule has 4 heteroatoms. The van der Waals surface area contributed by atoms with Gasteiger partial charge in [-0.2, -0.15) is 0 Å². The summed E-state index contributed by atoms with van der Waals surface area (Å²) in [4.78, 5) is 16.6. The van der Waals surface area contributed by atoms with Crippen molar-refractivity contribution < 1.29 is 9.53 Å². The zero-order chi connectivity index (χ0) is 15.8. The number of carbonyl (C=O) groups excluding carboxylic acids is 1. The first-order chi connectivity index (χ1) is 11.3. The number of hydrogen-bond donors (Lipinski definition) is 1. The van der Waals surface area contributed by atoms with E-state index in [0.29, 0.717) is 11.3 Å². The van der Waals surface area contributed by atoms with Gasteiger partial charge in [-0.05, 0) is 67.2 Å². The Labute approximate surface area is 135 Å². The Balaban J connectivity index is 1.83. The number of nitrogens with one attached hydrogen (secondary N) is 1. The van der Waals surface area contributed by atoms with E-state index in [2.05, 4.69) is 22.4 Å². The highest BCUT2D eigenvalue weighted by atomic mass is 16.5. The summed E-state index contributed by atoms with van der Waals surface area (Å²) in [7, 11) is 1.67. The number of methoxy groups -OCH3 is 1. The van der Waals surface area contributed by atoms with Gasteiger partial charge in [0.2, 0.25) is 0 Å². The fraction of sp³-hybridized carbons (Fsp3) is 0.263. The lowest BCUT2D eigenvalue weighted by Crippen LogP contribution is -2.05. The number of aryl methyl sites for hydroxylation is 2. The van der Waals surface area contributed by atoms with E-state index in [1.807, 2.05) is 18.2 Å². The molecule has 4 rings (SSSR count). The minimum absolute atomic E-state index is 0.113. The fourth-order valence-electron chi connectivity index (χ4n) is 3.38. The van der Waals surface area contributed by atoms with Gasteiger partial charge in [-0.25, -0.2) is 0 Å². The van der Waals surface area contributed by atoms with Gasteiger partial charge >= 0.3 is 0 Å². The van der Waals surface area contributed by atoms with Crippen molar-refractivity contribution in [2.75, 3.05) is 12.4 Å². The van der Waals surface area contributed by atoms with E-state index in [4.69, 9.17) is 4.74 Å². The van der Waals surface area contributed by atoms with Crippen LogP contribution in [0.15, 0.2) is 30.5 Å². The number of amides is 1. The van der Waals surface area contributed by atoms with E-state index in [0.717, 1.165) is 29.8 Å². The second-order valence-electron chi connectivity index (χ2n) is 5.98. The number of rotatable bonds is 2. The molecule has 1 aromatic carbocycles. The molecule has 116 valence electrons. The number of nitrogens with zero attached hydrogens (tertiary/aromatic N) is 1. The van der Waals surface area contributed by atoms with Crippen molar-refractivity contribution >= 4 is 23.2 Å². The van der Waals surface area contributed by atoms with Crippen LogP contribution in [-0.2, 0) is 17.6 Å². The molecule has 1 aromatic heterocycles. The number of aromatic nitrogens is 1. The third-order valence-corrected chi connectivity index (χ3v) is 4.55. The summed E-state index contributed by atoms with van der Waals surface area (Å²) in [5.74, 6) is 0.703.